The zero-order valence-electron chi connectivity index (χ0n) is 19.7. The summed E-state index contributed by atoms with van der Waals surface area (Å²) >= 11 is 0. The topological polar surface area (TPSA) is 56.1 Å². The van der Waals surface area contributed by atoms with Crippen LogP contribution in [0.5, 0.6) is 5.75 Å². The summed E-state index contributed by atoms with van der Waals surface area (Å²) in [5.74, 6) is 1.32. The summed E-state index contributed by atoms with van der Waals surface area (Å²) in [5, 5.41) is 2.91. The van der Waals surface area contributed by atoms with Crippen LogP contribution >= 0.6 is 0 Å². The minimum atomic E-state index is -0.357. The lowest BCUT2D eigenvalue weighted by Gasteiger charge is -2.12. The van der Waals surface area contributed by atoms with Crippen LogP contribution in [0.2, 0.25) is 0 Å². The Morgan fingerprint density at radius 2 is 1.82 bits per heavy atom. The average Bonchev–Trinajstić information content (AvgIpc) is 3.18. The number of aromatic nitrogens is 2. The molecular formula is C28H30FN3O2. The molecule has 1 amide bonds. The Labute approximate surface area is 199 Å². The van der Waals surface area contributed by atoms with Gasteiger partial charge in [0.1, 0.15) is 17.4 Å². The minimum absolute atomic E-state index is 0.216. The first-order valence-corrected chi connectivity index (χ1v) is 11.7. The number of benzene rings is 3. The Morgan fingerprint density at radius 1 is 1.03 bits per heavy atom. The zero-order chi connectivity index (χ0) is 23.9. The molecule has 0 aliphatic carbocycles. The summed E-state index contributed by atoms with van der Waals surface area (Å²) in [7, 11) is 0. The quantitative estimate of drug-likeness (QED) is 0.313. The van der Waals surface area contributed by atoms with Crippen LogP contribution in [-0.2, 0) is 13.0 Å². The molecule has 1 aromatic heterocycles. The number of ether oxygens (including phenoxy) is 1. The van der Waals surface area contributed by atoms with Gasteiger partial charge in [0.15, 0.2) is 0 Å². The molecule has 4 aromatic rings. The van der Waals surface area contributed by atoms with Crippen LogP contribution in [0.1, 0.15) is 40.2 Å². The molecule has 1 heterocycles. The number of imidazole rings is 1. The van der Waals surface area contributed by atoms with Gasteiger partial charge < -0.3 is 14.6 Å². The zero-order valence-corrected chi connectivity index (χ0v) is 19.7. The molecule has 0 saturated heterocycles. The van der Waals surface area contributed by atoms with Crippen molar-refractivity contribution in [3.05, 3.63) is 95.1 Å². The van der Waals surface area contributed by atoms with E-state index in [1.807, 2.05) is 18.2 Å². The Kier molecular flexibility index (Phi) is 7.58. The van der Waals surface area contributed by atoms with Gasteiger partial charge in [0.05, 0.1) is 17.6 Å². The molecule has 5 nitrogen and oxygen atoms in total. The average molecular weight is 460 g/mol. The highest BCUT2D eigenvalue weighted by Gasteiger charge is 2.12. The smallest absolute Gasteiger partial charge is 0.251 e. The Bertz CT molecular complexity index is 1260. The van der Waals surface area contributed by atoms with Crippen molar-refractivity contribution in [2.24, 2.45) is 0 Å². The molecule has 0 unspecified atom stereocenters. The number of unbranched alkanes of at least 4 members (excludes halogenated alkanes) is 1. The van der Waals surface area contributed by atoms with Crippen LogP contribution in [0.4, 0.5) is 4.39 Å². The lowest BCUT2D eigenvalue weighted by Crippen LogP contribution is -2.26. The molecule has 3 aromatic carbocycles. The van der Waals surface area contributed by atoms with Gasteiger partial charge in [-0.1, -0.05) is 24.3 Å². The van der Waals surface area contributed by atoms with Crippen molar-refractivity contribution in [1.82, 2.24) is 14.9 Å². The van der Waals surface area contributed by atoms with Crippen LogP contribution in [0, 0.1) is 19.7 Å². The number of amides is 1. The van der Waals surface area contributed by atoms with Crippen LogP contribution < -0.4 is 10.1 Å². The molecule has 176 valence electrons. The molecule has 6 heteroatoms. The van der Waals surface area contributed by atoms with E-state index in [-0.39, 0.29) is 11.7 Å². The number of nitrogens with one attached hydrogen (secondary N) is 1. The second-order valence-corrected chi connectivity index (χ2v) is 8.51. The fourth-order valence-corrected chi connectivity index (χ4v) is 3.97. The van der Waals surface area contributed by atoms with E-state index in [1.54, 1.807) is 0 Å². The first-order chi connectivity index (χ1) is 16.5. The number of para-hydroxylation sites is 2. The summed E-state index contributed by atoms with van der Waals surface area (Å²) in [4.78, 5) is 17.1. The van der Waals surface area contributed by atoms with Gasteiger partial charge >= 0.3 is 0 Å². The molecule has 0 aliphatic heterocycles. The van der Waals surface area contributed by atoms with Crippen LogP contribution in [-0.4, -0.2) is 28.6 Å². The van der Waals surface area contributed by atoms with Crippen LogP contribution in [0.3, 0.4) is 0 Å². The Balaban J connectivity index is 1.33. The molecule has 0 saturated carbocycles. The van der Waals surface area contributed by atoms with E-state index in [1.165, 1.54) is 29.8 Å². The van der Waals surface area contributed by atoms with Gasteiger partial charge in [0, 0.05) is 25.1 Å². The van der Waals surface area contributed by atoms with Gasteiger partial charge in [-0.2, -0.15) is 0 Å². The van der Waals surface area contributed by atoms with E-state index in [0.717, 1.165) is 47.6 Å². The highest BCUT2D eigenvalue weighted by Crippen LogP contribution is 2.20. The standard InChI is InChI=1S/C28H30FN3O2/c1-20-9-10-21(2)26(19-20)34-18-6-5-17-32-25-8-4-3-7-24(25)31-27(32)15-16-30-28(33)22-11-13-23(29)14-12-22/h3-4,7-14,19H,5-6,15-18H2,1-2H3,(H,30,33). The van der Waals surface area contributed by atoms with E-state index >= 15 is 0 Å². The number of carbonyl (C=O) groups excluding carboxylic acids is 1. The summed E-state index contributed by atoms with van der Waals surface area (Å²) in [6.07, 6.45) is 2.50. The predicted octanol–water partition coefficient (Wildman–Crippen LogP) is 5.62. The number of rotatable bonds is 10. The molecular weight excluding hydrogens is 429 g/mol. The molecule has 0 spiro atoms. The first-order valence-electron chi connectivity index (χ1n) is 11.7. The fraction of sp³-hybridized carbons (Fsp3) is 0.286. The summed E-state index contributed by atoms with van der Waals surface area (Å²) < 4.78 is 21.3. The fourth-order valence-electron chi connectivity index (χ4n) is 3.97. The third kappa shape index (κ3) is 5.81. The van der Waals surface area contributed by atoms with Gasteiger partial charge in [0.2, 0.25) is 0 Å². The summed E-state index contributed by atoms with van der Waals surface area (Å²) in [6, 6.07) is 19.9. The maximum atomic E-state index is 13.1. The lowest BCUT2D eigenvalue weighted by atomic mass is 10.1. The third-order valence-electron chi connectivity index (χ3n) is 5.85. The maximum absolute atomic E-state index is 13.1. The monoisotopic (exact) mass is 459 g/mol. The van der Waals surface area contributed by atoms with Gasteiger partial charge in [-0.3, -0.25) is 4.79 Å². The van der Waals surface area contributed by atoms with Crippen molar-refractivity contribution < 1.29 is 13.9 Å². The van der Waals surface area contributed by atoms with E-state index < -0.39 is 0 Å². The number of halogens is 1. The number of hydrogen-bond donors (Lipinski definition) is 1. The Hall–Kier alpha value is -3.67. The van der Waals surface area contributed by atoms with Crippen LogP contribution in [0.15, 0.2) is 66.7 Å². The molecule has 34 heavy (non-hydrogen) atoms. The minimum Gasteiger partial charge on any atom is -0.493 e. The van der Waals surface area contributed by atoms with E-state index in [9.17, 15) is 9.18 Å². The van der Waals surface area contributed by atoms with Crippen molar-refractivity contribution in [2.45, 2.75) is 39.7 Å². The van der Waals surface area contributed by atoms with Gasteiger partial charge in [0.25, 0.3) is 5.91 Å². The van der Waals surface area contributed by atoms with Crippen molar-refractivity contribution in [2.75, 3.05) is 13.2 Å². The molecule has 0 radical (unpaired) electrons. The van der Waals surface area contributed by atoms with Crippen molar-refractivity contribution in [1.29, 1.82) is 0 Å². The lowest BCUT2D eigenvalue weighted by molar-refractivity contribution is 0.0954. The van der Waals surface area contributed by atoms with Gasteiger partial charge in [-0.15, -0.1) is 0 Å². The SMILES string of the molecule is Cc1ccc(C)c(OCCCCn2c(CCNC(=O)c3ccc(F)cc3)nc3ccccc32)c1. The highest BCUT2D eigenvalue weighted by atomic mass is 19.1. The Morgan fingerprint density at radius 3 is 2.65 bits per heavy atom. The number of hydrogen-bond acceptors (Lipinski definition) is 3. The van der Waals surface area contributed by atoms with Gasteiger partial charge in [-0.25, -0.2) is 9.37 Å². The largest absolute Gasteiger partial charge is 0.493 e. The molecule has 0 atom stereocenters. The normalized spacial score (nSPS) is 11.0. The third-order valence-corrected chi connectivity index (χ3v) is 5.85. The molecule has 0 bridgehead atoms. The van der Waals surface area contributed by atoms with Crippen molar-refractivity contribution in [3.8, 4) is 5.75 Å². The number of aryl methyl sites for hydroxylation is 3. The second kappa shape index (κ2) is 11.0. The maximum Gasteiger partial charge on any atom is 0.251 e. The molecule has 1 N–H and O–H groups in total. The first kappa shape index (κ1) is 23.5. The molecule has 0 fully saturated rings. The number of nitrogens with zero attached hydrogens (tertiary/aromatic N) is 2. The molecule has 4 rings (SSSR count). The van der Waals surface area contributed by atoms with E-state index in [0.29, 0.717) is 25.1 Å². The number of carbonyl (C=O) groups is 1. The number of fused-ring (bicyclic) bond motifs is 1. The van der Waals surface area contributed by atoms with E-state index in [2.05, 4.69) is 48.0 Å². The highest BCUT2D eigenvalue weighted by molar-refractivity contribution is 5.94. The van der Waals surface area contributed by atoms with Crippen molar-refractivity contribution >= 4 is 16.9 Å². The second-order valence-electron chi connectivity index (χ2n) is 8.51. The predicted molar refractivity (Wildman–Crippen MR) is 133 cm³/mol. The summed E-state index contributed by atoms with van der Waals surface area (Å²) in [5.41, 5.74) is 4.84. The van der Waals surface area contributed by atoms with Crippen LogP contribution in [0.25, 0.3) is 11.0 Å². The summed E-state index contributed by atoms with van der Waals surface area (Å²) in [6.45, 7) is 6.08. The van der Waals surface area contributed by atoms with E-state index in [4.69, 9.17) is 9.72 Å². The van der Waals surface area contributed by atoms with Gasteiger partial charge in [-0.05, 0) is 80.3 Å². The molecule has 0 aliphatic rings. The van der Waals surface area contributed by atoms with Crippen molar-refractivity contribution in [3.63, 3.8) is 0 Å².